The average molecular weight is 283 g/mol. The fourth-order valence-corrected chi connectivity index (χ4v) is 2.23. The quantitative estimate of drug-likeness (QED) is 0.703. The summed E-state index contributed by atoms with van der Waals surface area (Å²) in [5.41, 5.74) is 8.24. The van der Waals surface area contributed by atoms with Gasteiger partial charge in [-0.3, -0.25) is 0 Å². The van der Waals surface area contributed by atoms with E-state index >= 15 is 0 Å². The maximum Gasteiger partial charge on any atom is 0.121 e. The number of aliphatic hydroxyl groups excluding tert-OH is 1. The molecule has 2 aromatic carbocycles. The van der Waals surface area contributed by atoms with Crippen molar-refractivity contribution in [1.29, 1.82) is 0 Å². The van der Waals surface area contributed by atoms with Crippen LogP contribution in [0.3, 0.4) is 0 Å². The minimum absolute atomic E-state index is 0.204. The Bertz CT molecular complexity index is 739. The Labute approximate surface area is 122 Å². The summed E-state index contributed by atoms with van der Waals surface area (Å²) in [6.07, 6.45) is 1.11. The molecular weight excluding hydrogens is 266 g/mol. The first-order chi connectivity index (χ1) is 10.2. The Morgan fingerprint density at radius 3 is 2.90 bits per heavy atom. The van der Waals surface area contributed by atoms with Gasteiger partial charge < -0.3 is 20.1 Å². The van der Waals surface area contributed by atoms with Gasteiger partial charge in [0.1, 0.15) is 18.5 Å². The molecule has 3 aromatic rings. The van der Waals surface area contributed by atoms with E-state index in [2.05, 4.69) is 4.98 Å². The summed E-state index contributed by atoms with van der Waals surface area (Å²) in [7, 11) is 0. The molecule has 0 fully saturated rings. The van der Waals surface area contributed by atoms with Gasteiger partial charge in [-0.2, -0.15) is 0 Å². The van der Waals surface area contributed by atoms with Gasteiger partial charge in [-0.15, -0.1) is 0 Å². The van der Waals surface area contributed by atoms with Gasteiger partial charge >= 0.3 is 0 Å². The molecule has 0 aliphatic rings. The van der Waals surface area contributed by atoms with Crippen LogP contribution in [0.15, 0.2) is 54.9 Å². The first-order valence-corrected chi connectivity index (χ1v) is 6.78. The van der Waals surface area contributed by atoms with E-state index in [0.717, 1.165) is 11.0 Å². The molecule has 1 atom stereocenters. The summed E-state index contributed by atoms with van der Waals surface area (Å²) in [4.78, 5) is 4.30. The summed E-state index contributed by atoms with van der Waals surface area (Å²) in [5, 5.41) is 10.1. The number of nitrogens with zero attached hydrogens (tertiary/aromatic N) is 2. The zero-order chi connectivity index (χ0) is 14.7. The lowest BCUT2D eigenvalue weighted by Crippen LogP contribution is -2.23. The van der Waals surface area contributed by atoms with Gasteiger partial charge in [0.15, 0.2) is 0 Å². The van der Waals surface area contributed by atoms with E-state index in [-0.39, 0.29) is 6.61 Å². The van der Waals surface area contributed by atoms with Crippen molar-refractivity contribution in [1.82, 2.24) is 9.55 Å². The van der Waals surface area contributed by atoms with Crippen molar-refractivity contribution in [2.75, 3.05) is 12.3 Å². The second-order valence-corrected chi connectivity index (χ2v) is 4.92. The highest BCUT2D eigenvalue weighted by atomic mass is 16.5. The third-order valence-electron chi connectivity index (χ3n) is 3.24. The predicted molar refractivity (Wildman–Crippen MR) is 82.1 cm³/mol. The molecule has 3 N–H and O–H groups in total. The van der Waals surface area contributed by atoms with E-state index in [9.17, 15) is 5.11 Å². The molecule has 0 amide bonds. The standard InChI is InChI=1S/C16H17N3O2/c17-12-4-3-5-14(8-12)21-10-13(20)9-19-11-18-15-6-1-2-7-16(15)19/h1-8,11,13,20H,9-10,17H2. The van der Waals surface area contributed by atoms with Crippen molar-refractivity contribution >= 4 is 16.7 Å². The molecule has 0 aliphatic heterocycles. The summed E-state index contributed by atoms with van der Waals surface area (Å²) >= 11 is 0. The third-order valence-corrected chi connectivity index (χ3v) is 3.24. The van der Waals surface area contributed by atoms with Crippen LogP contribution in [-0.4, -0.2) is 27.4 Å². The smallest absolute Gasteiger partial charge is 0.121 e. The van der Waals surface area contributed by atoms with Crippen LogP contribution >= 0.6 is 0 Å². The van der Waals surface area contributed by atoms with E-state index < -0.39 is 6.10 Å². The number of aromatic nitrogens is 2. The largest absolute Gasteiger partial charge is 0.491 e. The molecule has 5 nitrogen and oxygen atoms in total. The fraction of sp³-hybridized carbons (Fsp3) is 0.188. The van der Waals surface area contributed by atoms with Crippen molar-refractivity contribution < 1.29 is 9.84 Å². The van der Waals surface area contributed by atoms with Gasteiger partial charge in [0.2, 0.25) is 0 Å². The first kappa shape index (κ1) is 13.5. The van der Waals surface area contributed by atoms with E-state index in [1.807, 2.05) is 41.0 Å². The summed E-state index contributed by atoms with van der Waals surface area (Å²) in [6, 6.07) is 15.0. The number of nitrogen functional groups attached to an aromatic ring is 1. The lowest BCUT2D eigenvalue weighted by Gasteiger charge is -2.13. The third kappa shape index (κ3) is 3.14. The Hall–Kier alpha value is -2.53. The van der Waals surface area contributed by atoms with Crippen LogP contribution in [0.2, 0.25) is 0 Å². The first-order valence-electron chi connectivity index (χ1n) is 6.78. The molecule has 1 heterocycles. The highest BCUT2D eigenvalue weighted by molar-refractivity contribution is 5.74. The van der Waals surface area contributed by atoms with E-state index in [4.69, 9.17) is 10.5 Å². The molecule has 0 aliphatic carbocycles. The van der Waals surface area contributed by atoms with Crippen LogP contribution in [-0.2, 0) is 6.54 Å². The Balaban J connectivity index is 1.62. The molecule has 0 bridgehead atoms. The second kappa shape index (κ2) is 5.85. The maximum absolute atomic E-state index is 10.1. The van der Waals surface area contributed by atoms with Crippen molar-refractivity contribution in [2.45, 2.75) is 12.6 Å². The van der Waals surface area contributed by atoms with Crippen LogP contribution in [0.1, 0.15) is 0 Å². The minimum atomic E-state index is -0.621. The molecule has 1 aromatic heterocycles. The highest BCUT2D eigenvalue weighted by Gasteiger charge is 2.09. The molecule has 0 spiro atoms. The molecule has 108 valence electrons. The number of imidazole rings is 1. The fourth-order valence-electron chi connectivity index (χ4n) is 2.23. The number of nitrogens with two attached hydrogens (primary N) is 1. The van der Waals surface area contributed by atoms with Crippen LogP contribution in [0.25, 0.3) is 11.0 Å². The summed E-state index contributed by atoms with van der Waals surface area (Å²) < 4.78 is 7.47. The number of ether oxygens (including phenoxy) is 1. The number of rotatable bonds is 5. The molecule has 5 heteroatoms. The van der Waals surface area contributed by atoms with Crippen LogP contribution < -0.4 is 10.5 Å². The minimum Gasteiger partial charge on any atom is -0.491 e. The predicted octanol–water partition coefficient (Wildman–Crippen LogP) is 2.06. The number of hydrogen-bond acceptors (Lipinski definition) is 4. The topological polar surface area (TPSA) is 73.3 Å². The van der Waals surface area contributed by atoms with Crippen molar-refractivity contribution in [3.63, 3.8) is 0 Å². The number of para-hydroxylation sites is 2. The summed E-state index contributed by atoms with van der Waals surface area (Å²) in [6.45, 7) is 0.638. The molecule has 0 saturated carbocycles. The van der Waals surface area contributed by atoms with E-state index in [1.165, 1.54) is 0 Å². The Kier molecular flexibility index (Phi) is 3.75. The lowest BCUT2D eigenvalue weighted by molar-refractivity contribution is 0.0934. The van der Waals surface area contributed by atoms with Crippen molar-refractivity contribution in [2.24, 2.45) is 0 Å². The molecule has 0 saturated heterocycles. The maximum atomic E-state index is 10.1. The average Bonchev–Trinajstić information content (AvgIpc) is 2.89. The van der Waals surface area contributed by atoms with Gasteiger partial charge in [-0.25, -0.2) is 4.98 Å². The summed E-state index contributed by atoms with van der Waals surface area (Å²) in [5.74, 6) is 0.657. The second-order valence-electron chi connectivity index (χ2n) is 4.92. The Morgan fingerprint density at radius 2 is 2.05 bits per heavy atom. The number of hydrogen-bond donors (Lipinski definition) is 2. The van der Waals surface area contributed by atoms with Crippen LogP contribution in [0.5, 0.6) is 5.75 Å². The van der Waals surface area contributed by atoms with Gasteiger partial charge in [0.25, 0.3) is 0 Å². The lowest BCUT2D eigenvalue weighted by atomic mass is 10.3. The number of benzene rings is 2. The Morgan fingerprint density at radius 1 is 1.19 bits per heavy atom. The molecule has 21 heavy (non-hydrogen) atoms. The van der Waals surface area contributed by atoms with Gasteiger partial charge in [-0.05, 0) is 24.3 Å². The highest BCUT2D eigenvalue weighted by Crippen LogP contribution is 2.15. The zero-order valence-electron chi connectivity index (χ0n) is 11.5. The number of anilines is 1. The van der Waals surface area contributed by atoms with Gasteiger partial charge in [0, 0.05) is 11.8 Å². The van der Waals surface area contributed by atoms with Crippen molar-refractivity contribution in [3.8, 4) is 5.75 Å². The van der Waals surface area contributed by atoms with Crippen molar-refractivity contribution in [3.05, 3.63) is 54.9 Å². The van der Waals surface area contributed by atoms with Crippen LogP contribution in [0, 0.1) is 0 Å². The molecule has 0 radical (unpaired) electrons. The molecule has 3 rings (SSSR count). The number of aliphatic hydroxyl groups is 1. The van der Waals surface area contributed by atoms with E-state index in [1.54, 1.807) is 18.5 Å². The number of fused-ring (bicyclic) bond motifs is 1. The molecular formula is C16H17N3O2. The normalized spacial score (nSPS) is 12.4. The monoisotopic (exact) mass is 283 g/mol. The van der Waals surface area contributed by atoms with Gasteiger partial charge in [0.05, 0.1) is 23.9 Å². The van der Waals surface area contributed by atoms with Crippen LogP contribution in [0.4, 0.5) is 5.69 Å². The van der Waals surface area contributed by atoms with Gasteiger partial charge in [-0.1, -0.05) is 18.2 Å². The SMILES string of the molecule is Nc1cccc(OCC(O)Cn2cnc3ccccc32)c1. The van der Waals surface area contributed by atoms with E-state index in [0.29, 0.717) is 18.0 Å². The zero-order valence-corrected chi connectivity index (χ0v) is 11.5. The molecule has 1 unspecified atom stereocenters.